The molecule has 6 rings (SSSR count). The lowest BCUT2D eigenvalue weighted by molar-refractivity contribution is -0.306. The zero-order valence-corrected chi connectivity index (χ0v) is 25.6. The van der Waals surface area contributed by atoms with Gasteiger partial charge in [0, 0.05) is 59.8 Å². The van der Waals surface area contributed by atoms with Crippen LogP contribution in [0.3, 0.4) is 0 Å². The predicted octanol–water partition coefficient (Wildman–Crippen LogP) is 3.64. The first-order valence-electron chi connectivity index (χ1n) is 14.6. The Balaban J connectivity index is 1.68. The fourth-order valence-corrected chi connectivity index (χ4v) is 10.1. The van der Waals surface area contributed by atoms with Crippen LogP contribution in [0, 0.1) is 33.5 Å². The Labute approximate surface area is 249 Å². The van der Waals surface area contributed by atoms with Crippen molar-refractivity contribution in [2.75, 3.05) is 0 Å². The molecule has 1 aromatic rings. The van der Waals surface area contributed by atoms with Crippen molar-refractivity contribution in [3.63, 3.8) is 0 Å². The van der Waals surface area contributed by atoms with Crippen LogP contribution in [0.25, 0.3) is 0 Å². The zero-order chi connectivity index (χ0) is 31.5. The molecule has 5 aliphatic rings. The third-order valence-electron chi connectivity index (χ3n) is 11.3. The maximum atomic E-state index is 13.6. The number of rotatable bonds is 4. The SMILES string of the molecule is CC(=O)O[C@H]1[C@@H](OC(C)=O)[C@]2(C)[C@H]([C@@H](OC(C)=O)C[C@@]3(C)[C@H](c4ccoc4)OC(=O)[C@H]4O[C@@]423)[C@@]2(C)C=CC(=O)C(C)(C)[C@H]12. The van der Waals surface area contributed by atoms with Gasteiger partial charge in [0.15, 0.2) is 11.9 Å². The Morgan fingerprint density at radius 2 is 1.53 bits per heavy atom. The second-order valence-corrected chi connectivity index (χ2v) is 14.0. The molecule has 0 unspecified atom stereocenters. The third-order valence-corrected chi connectivity index (χ3v) is 11.3. The molecule has 4 fully saturated rings. The summed E-state index contributed by atoms with van der Waals surface area (Å²) in [4.78, 5) is 65.4. The monoisotopic (exact) mass is 598 g/mol. The highest BCUT2D eigenvalue weighted by molar-refractivity contribution is 5.96. The summed E-state index contributed by atoms with van der Waals surface area (Å²) in [5, 5.41) is 0. The van der Waals surface area contributed by atoms with Gasteiger partial charge in [-0.25, -0.2) is 4.79 Å². The minimum absolute atomic E-state index is 0.179. The summed E-state index contributed by atoms with van der Waals surface area (Å²) in [6.07, 6.45) is 1.55. The van der Waals surface area contributed by atoms with E-state index in [1.165, 1.54) is 39.4 Å². The molecule has 0 N–H and O–H groups in total. The van der Waals surface area contributed by atoms with Crippen LogP contribution >= 0.6 is 0 Å². The minimum atomic E-state index is -1.30. The average Bonchev–Trinajstić information content (AvgIpc) is 3.46. The highest BCUT2D eigenvalue weighted by Crippen LogP contribution is 2.80. The fraction of sp³-hybridized carbons (Fsp3) is 0.656. The quantitative estimate of drug-likeness (QED) is 0.284. The van der Waals surface area contributed by atoms with Crippen molar-refractivity contribution in [1.29, 1.82) is 0 Å². The van der Waals surface area contributed by atoms with E-state index >= 15 is 0 Å². The van der Waals surface area contributed by atoms with Crippen molar-refractivity contribution in [3.05, 3.63) is 36.3 Å². The Morgan fingerprint density at radius 3 is 2.12 bits per heavy atom. The molecular formula is C32H38O11. The Bertz CT molecular complexity index is 1440. The van der Waals surface area contributed by atoms with E-state index < -0.39 is 93.5 Å². The minimum Gasteiger partial charge on any atom is -0.472 e. The topological polar surface area (TPSA) is 148 Å². The zero-order valence-electron chi connectivity index (χ0n) is 25.6. The van der Waals surface area contributed by atoms with Crippen LogP contribution in [-0.2, 0) is 47.7 Å². The van der Waals surface area contributed by atoms with Gasteiger partial charge in [-0.2, -0.15) is 0 Å². The van der Waals surface area contributed by atoms with Crippen molar-refractivity contribution in [2.24, 2.45) is 33.5 Å². The van der Waals surface area contributed by atoms with Crippen molar-refractivity contribution in [3.8, 4) is 0 Å². The van der Waals surface area contributed by atoms with Gasteiger partial charge in [0.25, 0.3) is 0 Å². The molecule has 0 bridgehead atoms. The molecule has 43 heavy (non-hydrogen) atoms. The second kappa shape index (κ2) is 9.03. The number of hydrogen-bond acceptors (Lipinski definition) is 11. The van der Waals surface area contributed by atoms with Gasteiger partial charge in [-0.05, 0) is 18.6 Å². The lowest BCUT2D eigenvalue weighted by Crippen LogP contribution is -2.79. The number of cyclic esters (lactones) is 1. The number of ether oxygens (including phenoxy) is 5. The molecule has 0 amide bonds. The average molecular weight is 599 g/mol. The third kappa shape index (κ3) is 3.60. The van der Waals surface area contributed by atoms with Gasteiger partial charge in [-0.15, -0.1) is 0 Å². The Kier molecular flexibility index (Phi) is 6.21. The molecule has 0 aromatic carbocycles. The molecule has 1 spiro atoms. The van der Waals surface area contributed by atoms with Crippen molar-refractivity contribution in [1.82, 2.24) is 0 Å². The van der Waals surface area contributed by atoms with Gasteiger partial charge in [0.1, 0.15) is 30.0 Å². The highest BCUT2D eigenvalue weighted by atomic mass is 16.7. The number of carbonyl (C=O) groups is 5. The van der Waals surface area contributed by atoms with Gasteiger partial charge in [-0.1, -0.05) is 40.7 Å². The predicted molar refractivity (Wildman–Crippen MR) is 146 cm³/mol. The smallest absolute Gasteiger partial charge is 0.339 e. The van der Waals surface area contributed by atoms with E-state index in [-0.39, 0.29) is 12.2 Å². The first-order valence-corrected chi connectivity index (χ1v) is 14.6. The molecule has 232 valence electrons. The molecule has 2 saturated carbocycles. The molecule has 11 nitrogen and oxygen atoms in total. The summed E-state index contributed by atoms with van der Waals surface area (Å²) in [7, 11) is 0. The standard InChI is InChI=1S/C32H38O11/c1-15(33)39-19-13-30(7)24(18-10-12-38-14-18)42-27(37)26-32(30,43-26)31(8)22(19)29(6)11-9-20(36)28(4,5)23(29)21(40-16(2)34)25(31)41-17(3)35/h9-12,14,19,21-26H,13H2,1-8H3/t19-,21+,22+,23-,24-,25+,26+,29+,30-,31-,32+/m0/s1. The number of carbonyl (C=O) groups excluding carboxylic acids is 5. The van der Waals surface area contributed by atoms with E-state index in [4.69, 9.17) is 28.1 Å². The number of furan rings is 1. The number of fused-ring (bicyclic) bond motifs is 3. The number of hydrogen-bond donors (Lipinski definition) is 0. The molecule has 1 aromatic heterocycles. The van der Waals surface area contributed by atoms with Gasteiger partial charge >= 0.3 is 23.9 Å². The number of allylic oxidation sites excluding steroid dienone is 2. The van der Waals surface area contributed by atoms with Crippen molar-refractivity contribution in [2.45, 2.75) is 97.9 Å². The van der Waals surface area contributed by atoms with Crippen LogP contribution in [0.5, 0.6) is 0 Å². The van der Waals surface area contributed by atoms with Gasteiger partial charge < -0.3 is 28.1 Å². The largest absolute Gasteiger partial charge is 0.472 e. The summed E-state index contributed by atoms with van der Waals surface area (Å²) >= 11 is 0. The maximum Gasteiger partial charge on any atom is 0.339 e. The summed E-state index contributed by atoms with van der Waals surface area (Å²) in [6.45, 7) is 13.1. The fourth-order valence-electron chi connectivity index (χ4n) is 10.1. The Hall–Kier alpha value is -3.47. The lowest BCUT2D eigenvalue weighted by atomic mass is 9.34. The van der Waals surface area contributed by atoms with E-state index in [1.54, 1.807) is 26.0 Å². The van der Waals surface area contributed by atoms with Crippen LogP contribution in [0.2, 0.25) is 0 Å². The normalized spacial score (nSPS) is 45.3. The van der Waals surface area contributed by atoms with Crippen LogP contribution in [0.1, 0.15) is 73.5 Å². The number of epoxide rings is 1. The summed E-state index contributed by atoms with van der Waals surface area (Å²) < 4.78 is 36.3. The van der Waals surface area contributed by atoms with E-state index in [1.807, 2.05) is 20.8 Å². The Morgan fingerprint density at radius 1 is 0.884 bits per heavy atom. The van der Waals surface area contributed by atoms with Crippen LogP contribution in [-0.4, -0.2) is 59.7 Å². The van der Waals surface area contributed by atoms with E-state index in [9.17, 15) is 24.0 Å². The summed E-state index contributed by atoms with van der Waals surface area (Å²) in [5.74, 6) is -3.89. The molecule has 3 aliphatic carbocycles. The molecule has 0 radical (unpaired) electrons. The second-order valence-electron chi connectivity index (χ2n) is 14.0. The molecule has 2 saturated heterocycles. The first-order chi connectivity index (χ1) is 20.0. The first kappa shape index (κ1) is 29.6. The molecule has 11 atom stereocenters. The molecule has 3 heterocycles. The molecule has 11 heteroatoms. The van der Waals surface area contributed by atoms with Crippen LogP contribution in [0.4, 0.5) is 0 Å². The van der Waals surface area contributed by atoms with Crippen LogP contribution < -0.4 is 0 Å². The maximum absolute atomic E-state index is 13.6. The van der Waals surface area contributed by atoms with Gasteiger partial charge in [0.2, 0.25) is 0 Å². The molecular weight excluding hydrogens is 560 g/mol. The van der Waals surface area contributed by atoms with E-state index in [0.29, 0.717) is 5.56 Å². The number of esters is 4. The van der Waals surface area contributed by atoms with Gasteiger partial charge in [0.05, 0.1) is 12.5 Å². The van der Waals surface area contributed by atoms with Crippen LogP contribution in [0.15, 0.2) is 35.2 Å². The lowest BCUT2D eigenvalue weighted by Gasteiger charge is -2.70. The summed E-state index contributed by atoms with van der Waals surface area (Å²) in [5.41, 5.74) is -5.06. The summed E-state index contributed by atoms with van der Waals surface area (Å²) in [6, 6.07) is 1.70. The van der Waals surface area contributed by atoms with Gasteiger partial charge in [-0.3, -0.25) is 19.2 Å². The van der Waals surface area contributed by atoms with Crippen molar-refractivity contribution < 1.29 is 52.1 Å². The van der Waals surface area contributed by atoms with E-state index in [2.05, 4.69) is 0 Å². The van der Waals surface area contributed by atoms with Crippen molar-refractivity contribution >= 4 is 29.7 Å². The molecule has 2 aliphatic heterocycles. The van der Waals surface area contributed by atoms with E-state index in [0.717, 1.165) is 0 Å². The highest BCUT2D eigenvalue weighted by Gasteiger charge is 2.91. The number of ketones is 1.